The summed E-state index contributed by atoms with van der Waals surface area (Å²) in [4.78, 5) is 10.8. The Morgan fingerprint density at radius 3 is 2.32 bits per heavy atom. The van der Waals surface area contributed by atoms with Crippen LogP contribution in [-0.4, -0.2) is 68.3 Å². The topological polar surface area (TPSA) is 125 Å². The molecule has 2 heterocycles. The van der Waals surface area contributed by atoms with E-state index in [1.807, 2.05) is 32.1 Å². The normalized spacial score (nSPS) is 16.3. The number of carboxylic acid groups (broad SMARTS) is 1. The van der Waals surface area contributed by atoms with Crippen LogP contribution in [-0.2, 0) is 29.8 Å². The Labute approximate surface area is 320 Å². The third kappa shape index (κ3) is 10.3. The summed E-state index contributed by atoms with van der Waals surface area (Å²) in [5.74, 6) is 0.955. The predicted octanol–water partition coefficient (Wildman–Crippen LogP) is 4.73. The van der Waals surface area contributed by atoms with Gasteiger partial charge in [-0.3, -0.25) is 4.79 Å². The third-order valence-electron chi connectivity index (χ3n) is 9.37. The van der Waals surface area contributed by atoms with Crippen LogP contribution < -0.4 is 34.3 Å². The molecule has 0 amide bonds. The van der Waals surface area contributed by atoms with Crippen molar-refractivity contribution >= 4 is 33.1 Å². The molecule has 0 fully saturated rings. The average molecular weight is 717 g/mol. The summed E-state index contributed by atoms with van der Waals surface area (Å²) >= 11 is 0. The Bertz CT molecular complexity index is 1760. The maximum Gasteiger partial charge on any atom is 1.00 e. The molecule has 11 heteroatoms. The average Bonchev–Trinajstić information content (AvgIpc) is 3.24. The first-order valence-electron chi connectivity index (χ1n) is 17.0. The third-order valence-corrected chi connectivity index (χ3v) is 10.2. The fourth-order valence-electron chi connectivity index (χ4n) is 6.68. The van der Waals surface area contributed by atoms with E-state index in [-0.39, 0.29) is 52.2 Å². The Kier molecular flexibility index (Phi) is 14.9. The maximum atomic E-state index is 11.9. The van der Waals surface area contributed by atoms with Crippen LogP contribution in [0.25, 0.3) is 5.57 Å². The van der Waals surface area contributed by atoms with Crippen LogP contribution in [0.4, 0.5) is 5.69 Å². The van der Waals surface area contributed by atoms with Gasteiger partial charge < -0.3 is 23.9 Å². The van der Waals surface area contributed by atoms with Gasteiger partial charge in [0.2, 0.25) is 5.69 Å². The standard InChI is InChI=1S/C39H51NO8S.Na/c1-38(2,3)32-25-29(48-35-24-28(15-17-31(32)35)27(19-22-46-6)20-23-47-7)12-11-13-36-39(4,5)33-26-30(49(43,44)45)16-18-34(33)40(36)21-10-8-9-14-37(41)42;/h11-13,15-18,24-27H,8-10,14,19-23H2,1-7H3,(H-,41,42,43,44,45);/q;+1. The number of hydrogen-bond acceptors (Lipinski definition) is 7. The predicted molar refractivity (Wildman–Crippen MR) is 191 cm³/mol. The van der Waals surface area contributed by atoms with Crippen LogP contribution in [0.5, 0.6) is 5.75 Å². The number of hydrogen-bond donors (Lipinski definition) is 1. The van der Waals surface area contributed by atoms with Crippen molar-refractivity contribution in [3.63, 3.8) is 0 Å². The van der Waals surface area contributed by atoms with Crippen molar-refractivity contribution < 1.29 is 71.2 Å². The smallest absolute Gasteiger partial charge is 0.744 e. The Balaban J connectivity index is 0.00000676. The maximum absolute atomic E-state index is 11.9. The van der Waals surface area contributed by atoms with Gasteiger partial charge in [0.15, 0.2) is 5.71 Å². The van der Waals surface area contributed by atoms with E-state index in [0.29, 0.717) is 31.9 Å². The van der Waals surface area contributed by atoms with Gasteiger partial charge in [-0.25, -0.2) is 8.42 Å². The van der Waals surface area contributed by atoms with Gasteiger partial charge in [-0.2, -0.15) is 4.58 Å². The molecule has 0 radical (unpaired) electrons. The number of unbranched alkanes of at least 4 members (excludes halogenated alkanes) is 2. The van der Waals surface area contributed by atoms with Crippen molar-refractivity contribution in [1.82, 2.24) is 0 Å². The fraction of sp³-hybridized carbons (Fsp3) is 0.487. The first kappa shape index (κ1) is 41.8. The van der Waals surface area contributed by atoms with Gasteiger partial charge in [-0.05, 0) is 92.4 Å². The molecular weight excluding hydrogens is 665 g/mol. The second-order valence-electron chi connectivity index (χ2n) is 14.4. The van der Waals surface area contributed by atoms with Gasteiger partial charge >= 0.3 is 35.5 Å². The van der Waals surface area contributed by atoms with E-state index in [4.69, 9.17) is 19.3 Å². The van der Waals surface area contributed by atoms with Crippen LogP contribution >= 0.6 is 0 Å². The number of carbonyl (C=O) groups is 1. The van der Waals surface area contributed by atoms with Crippen LogP contribution in [0, 0.1) is 5.41 Å². The number of ether oxygens (including phenoxy) is 3. The zero-order valence-corrected chi connectivity index (χ0v) is 33.7. The molecule has 0 spiro atoms. The van der Waals surface area contributed by atoms with Crippen molar-refractivity contribution in [2.24, 2.45) is 5.41 Å². The van der Waals surface area contributed by atoms with Crippen molar-refractivity contribution in [2.45, 2.75) is 89.4 Å². The SMILES string of the molecule is COCCC(CCOC)c1ccc2c(c1)OC(=CC=CC1=[N+](CCCCCC(=O)O)c3ccc(S(=O)(=O)[O-])cc3C1(C)C)C=C2C(C)(C)C.[Na+]. The first-order chi connectivity index (χ1) is 23.1. The molecular formula is C39H51NNaO8S+. The summed E-state index contributed by atoms with van der Waals surface area (Å²) in [7, 11) is -1.20. The van der Waals surface area contributed by atoms with E-state index >= 15 is 0 Å². The largest absolute Gasteiger partial charge is 1.00 e. The molecule has 1 N–H and O–H groups in total. The van der Waals surface area contributed by atoms with Crippen molar-refractivity contribution in [2.75, 3.05) is 34.0 Å². The van der Waals surface area contributed by atoms with E-state index in [1.165, 1.54) is 23.3 Å². The summed E-state index contributed by atoms with van der Waals surface area (Å²) in [6, 6.07) is 11.0. The summed E-state index contributed by atoms with van der Waals surface area (Å²) in [6.45, 7) is 12.5. The van der Waals surface area contributed by atoms with Crippen molar-refractivity contribution in [1.29, 1.82) is 0 Å². The van der Waals surface area contributed by atoms with Crippen molar-refractivity contribution in [3.05, 3.63) is 83.2 Å². The van der Waals surface area contributed by atoms with Gasteiger partial charge in [0.05, 0.1) is 10.3 Å². The molecule has 9 nitrogen and oxygen atoms in total. The quantitative estimate of drug-likeness (QED) is 0.114. The molecule has 0 saturated heterocycles. The summed E-state index contributed by atoms with van der Waals surface area (Å²) < 4.78 is 55.2. The summed E-state index contributed by atoms with van der Waals surface area (Å²) in [5, 5.41) is 9.05. The van der Waals surface area contributed by atoms with Crippen molar-refractivity contribution in [3.8, 4) is 5.75 Å². The molecule has 266 valence electrons. The number of methoxy groups -OCH3 is 2. The zero-order valence-electron chi connectivity index (χ0n) is 30.9. The van der Waals surface area contributed by atoms with E-state index in [2.05, 4.69) is 49.6 Å². The molecule has 0 aromatic heterocycles. The number of rotatable bonds is 16. The fourth-order valence-corrected chi connectivity index (χ4v) is 7.18. The van der Waals surface area contributed by atoms with E-state index in [9.17, 15) is 17.8 Å². The minimum atomic E-state index is -4.63. The van der Waals surface area contributed by atoms with E-state index < -0.39 is 21.5 Å². The van der Waals surface area contributed by atoms with Crippen LogP contribution in [0.15, 0.2) is 71.4 Å². The monoisotopic (exact) mass is 716 g/mol. The number of benzene rings is 2. The number of nitrogens with zero attached hydrogens (tertiary/aromatic N) is 1. The van der Waals surface area contributed by atoms with Crippen LogP contribution in [0.3, 0.4) is 0 Å². The number of allylic oxidation sites excluding steroid dienone is 5. The van der Waals surface area contributed by atoms with Gasteiger partial charge in [-0.1, -0.05) is 39.0 Å². The molecule has 50 heavy (non-hydrogen) atoms. The minimum Gasteiger partial charge on any atom is -0.744 e. The Morgan fingerprint density at radius 1 is 1.04 bits per heavy atom. The molecule has 0 aliphatic carbocycles. The van der Waals surface area contributed by atoms with Crippen LogP contribution in [0.1, 0.15) is 95.8 Å². The molecule has 2 aliphatic rings. The van der Waals surface area contributed by atoms with Crippen LogP contribution in [0.2, 0.25) is 0 Å². The zero-order chi connectivity index (χ0) is 36.0. The summed E-state index contributed by atoms with van der Waals surface area (Å²) in [5.41, 5.74) is 5.19. The van der Waals surface area contributed by atoms with Gasteiger partial charge in [-0.15, -0.1) is 0 Å². The molecule has 0 saturated carbocycles. The molecule has 2 aromatic carbocycles. The molecule has 0 atom stereocenters. The first-order valence-corrected chi connectivity index (χ1v) is 18.4. The van der Waals surface area contributed by atoms with Gasteiger partial charge in [0, 0.05) is 63.5 Å². The number of aliphatic carboxylic acids is 1. The molecule has 2 aliphatic heterocycles. The van der Waals surface area contributed by atoms with E-state index in [1.54, 1.807) is 20.3 Å². The Morgan fingerprint density at radius 2 is 1.72 bits per heavy atom. The molecule has 2 aromatic rings. The van der Waals surface area contributed by atoms with Gasteiger partial charge in [0.25, 0.3) is 0 Å². The molecule has 0 unspecified atom stereocenters. The second kappa shape index (κ2) is 17.8. The minimum absolute atomic E-state index is 0. The summed E-state index contributed by atoms with van der Waals surface area (Å²) in [6.07, 6.45) is 11.9. The molecule has 4 rings (SSSR count). The Hall–Kier alpha value is -2.57. The van der Waals surface area contributed by atoms with Gasteiger partial charge in [0.1, 0.15) is 28.2 Å². The van der Waals surface area contributed by atoms with E-state index in [0.717, 1.165) is 54.0 Å². The second-order valence-corrected chi connectivity index (χ2v) is 15.7. The number of carboxylic acids is 1. The number of fused-ring (bicyclic) bond motifs is 2. The molecule has 0 bridgehead atoms.